The van der Waals surface area contributed by atoms with Crippen molar-refractivity contribution in [3.63, 3.8) is 0 Å². The molecule has 0 heterocycles. The predicted octanol–water partition coefficient (Wildman–Crippen LogP) is 3.45. The predicted molar refractivity (Wildman–Crippen MR) is 75.8 cm³/mol. The van der Waals surface area contributed by atoms with Crippen molar-refractivity contribution >= 4 is 37.8 Å². The summed E-state index contributed by atoms with van der Waals surface area (Å²) >= 11 is 6.53. The van der Waals surface area contributed by atoms with Gasteiger partial charge in [-0.2, -0.15) is 0 Å². The number of nitrogens with one attached hydrogen (secondary N) is 1. The first-order valence-electron chi connectivity index (χ1n) is 5.40. The van der Waals surface area contributed by atoms with Gasteiger partial charge in [-0.3, -0.25) is 4.79 Å². The SMILES string of the molecule is CC(CCCBr)NC(=O)c1ccc(Br)c(O)c1. The van der Waals surface area contributed by atoms with E-state index in [1.807, 2.05) is 6.92 Å². The average Bonchev–Trinajstić information content (AvgIpc) is 2.30. The van der Waals surface area contributed by atoms with Crippen molar-refractivity contribution in [3.05, 3.63) is 28.2 Å². The molecule has 0 aliphatic carbocycles. The Hall–Kier alpha value is -0.550. The number of halogens is 2. The van der Waals surface area contributed by atoms with E-state index in [1.165, 1.54) is 6.07 Å². The lowest BCUT2D eigenvalue weighted by molar-refractivity contribution is 0.0938. The fraction of sp³-hybridized carbons (Fsp3) is 0.417. The van der Waals surface area contributed by atoms with Gasteiger partial charge in [0.1, 0.15) is 5.75 Å². The first-order valence-corrected chi connectivity index (χ1v) is 7.31. The minimum atomic E-state index is -0.158. The average molecular weight is 365 g/mol. The smallest absolute Gasteiger partial charge is 0.251 e. The zero-order chi connectivity index (χ0) is 12.8. The highest BCUT2D eigenvalue weighted by Gasteiger charge is 2.10. The minimum absolute atomic E-state index is 0.0748. The Morgan fingerprint density at radius 2 is 2.24 bits per heavy atom. The van der Waals surface area contributed by atoms with E-state index in [-0.39, 0.29) is 17.7 Å². The number of phenols is 1. The Kier molecular flexibility index (Phi) is 5.98. The fourth-order valence-corrected chi connectivity index (χ4v) is 1.99. The number of benzene rings is 1. The molecule has 1 atom stereocenters. The summed E-state index contributed by atoms with van der Waals surface area (Å²) in [6.07, 6.45) is 1.95. The molecule has 17 heavy (non-hydrogen) atoms. The highest BCUT2D eigenvalue weighted by atomic mass is 79.9. The molecule has 5 heteroatoms. The topological polar surface area (TPSA) is 49.3 Å². The molecule has 0 fully saturated rings. The summed E-state index contributed by atoms with van der Waals surface area (Å²) in [6.45, 7) is 1.97. The van der Waals surface area contributed by atoms with Crippen LogP contribution >= 0.6 is 31.9 Å². The summed E-state index contributed by atoms with van der Waals surface area (Å²) in [6, 6.07) is 4.92. The molecule has 1 rings (SSSR count). The molecule has 0 saturated heterocycles. The maximum Gasteiger partial charge on any atom is 0.251 e. The third-order valence-electron chi connectivity index (χ3n) is 2.36. The van der Waals surface area contributed by atoms with E-state index >= 15 is 0 Å². The minimum Gasteiger partial charge on any atom is -0.507 e. The van der Waals surface area contributed by atoms with Gasteiger partial charge in [0.2, 0.25) is 0 Å². The quantitative estimate of drug-likeness (QED) is 0.786. The van der Waals surface area contributed by atoms with Crippen LogP contribution in [0, 0.1) is 0 Å². The van der Waals surface area contributed by atoms with Gasteiger partial charge in [-0.25, -0.2) is 0 Å². The van der Waals surface area contributed by atoms with Gasteiger partial charge in [0, 0.05) is 16.9 Å². The van der Waals surface area contributed by atoms with Crippen LogP contribution in [0.4, 0.5) is 0 Å². The molecule has 0 aliphatic heterocycles. The molecule has 0 bridgehead atoms. The number of carbonyl (C=O) groups excluding carboxylic acids is 1. The molecule has 0 radical (unpaired) electrons. The van der Waals surface area contributed by atoms with E-state index in [0.717, 1.165) is 18.2 Å². The maximum absolute atomic E-state index is 11.8. The Labute approximate surface area is 118 Å². The first kappa shape index (κ1) is 14.5. The van der Waals surface area contributed by atoms with Crippen molar-refractivity contribution in [2.24, 2.45) is 0 Å². The first-order chi connectivity index (χ1) is 8.04. The van der Waals surface area contributed by atoms with E-state index in [9.17, 15) is 9.90 Å². The third-order valence-corrected chi connectivity index (χ3v) is 3.59. The molecule has 1 aromatic carbocycles. The van der Waals surface area contributed by atoms with Crippen LogP contribution in [-0.4, -0.2) is 22.4 Å². The molecule has 0 spiro atoms. The second-order valence-electron chi connectivity index (χ2n) is 3.87. The van der Waals surface area contributed by atoms with Gasteiger partial charge >= 0.3 is 0 Å². The molecule has 1 amide bonds. The lowest BCUT2D eigenvalue weighted by atomic mass is 10.1. The molecule has 1 unspecified atom stereocenters. The van der Waals surface area contributed by atoms with Gasteiger partial charge in [0.05, 0.1) is 4.47 Å². The Balaban J connectivity index is 2.60. The zero-order valence-electron chi connectivity index (χ0n) is 9.54. The Morgan fingerprint density at radius 1 is 1.53 bits per heavy atom. The normalized spacial score (nSPS) is 12.2. The van der Waals surface area contributed by atoms with Crippen LogP contribution in [0.3, 0.4) is 0 Å². The van der Waals surface area contributed by atoms with E-state index in [2.05, 4.69) is 37.2 Å². The van der Waals surface area contributed by atoms with Crippen molar-refractivity contribution < 1.29 is 9.90 Å². The number of phenolic OH excluding ortho intramolecular Hbond substituents is 1. The van der Waals surface area contributed by atoms with E-state index in [0.29, 0.717) is 10.0 Å². The molecule has 0 saturated carbocycles. The van der Waals surface area contributed by atoms with Crippen LogP contribution in [0.2, 0.25) is 0 Å². The number of hydrogen-bond donors (Lipinski definition) is 2. The van der Waals surface area contributed by atoms with Gasteiger partial charge in [-0.05, 0) is 53.9 Å². The van der Waals surface area contributed by atoms with Gasteiger partial charge in [-0.15, -0.1) is 0 Å². The highest BCUT2D eigenvalue weighted by molar-refractivity contribution is 9.10. The van der Waals surface area contributed by atoms with Crippen LogP contribution < -0.4 is 5.32 Å². The zero-order valence-corrected chi connectivity index (χ0v) is 12.7. The van der Waals surface area contributed by atoms with Crippen molar-refractivity contribution in [1.29, 1.82) is 0 Å². The fourth-order valence-electron chi connectivity index (χ4n) is 1.42. The molecule has 3 nitrogen and oxygen atoms in total. The second-order valence-corrected chi connectivity index (χ2v) is 5.52. The molecule has 94 valence electrons. The monoisotopic (exact) mass is 363 g/mol. The molecule has 0 aliphatic rings. The van der Waals surface area contributed by atoms with Crippen molar-refractivity contribution in [1.82, 2.24) is 5.32 Å². The summed E-state index contributed by atoms with van der Waals surface area (Å²) in [5.74, 6) is -0.0827. The Morgan fingerprint density at radius 3 is 2.82 bits per heavy atom. The van der Waals surface area contributed by atoms with Crippen LogP contribution in [0.15, 0.2) is 22.7 Å². The van der Waals surface area contributed by atoms with E-state index in [1.54, 1.807) is 12.1 Å². The number of amides is 1. The molecular weight excluding hydrogens is 350 g/mol. The van der Waals surface area contributed by atoms with Gasteiger partial charge < -0.3 is 10.4 Å². The van der Waals surface area contributed by atoms with Crippen LogP contribution in [0.25, 0.3) is 0 Å². The van der Waals surface area contributed by atoms with Crippen LogP contribution in [0.5, 0.6) is 5.75 Å². The summed E-state index contributed by atoms with van der Waals surface area (Å²) in [4.78, 5) is 11.8. The molecule has 2 N–H and O–H groups in total. The van der Waals surface area contributed by atoms with E-state index in [4.69, 9.17) is 0 Å². The van der Waals surface area contributed by atoms with Crippen LogP contribution in [0.1, 0.15) is 30.1 Å². The molecule has 1 aromatic rings. The number of rotatable bonds is 5. The number of alkyl halides is 1. The molecule has 0 aromatic heterocycles. The van der Waals surface area contributed by atoms with Gasteiger partial charge in [0.25, 0.3) is 5.91 Å². The number of hydrogen-bond acceptors (Lipinski definition) is 2. The van der Waals surface area contributed by atoms with Gasteiger partial charge in [-0.1, -0.05) is 15.9 Å². The van der Waals surface area contributed by atoms with Crippen LogP contribution in [-0.2, 0) is 0 Å². The van der Waals surface area contributed by atoms with Crippen molar-refractivity contribution in [2.75, 3.05) is 5.33 Å². The summed E-state index contributed by atoms with van der Waals surface area (Å²) in [5, 5.41) is 13.3. The van der Waals surface area contributed by atoms with E-state index < -0.39 is 0 Å². The summed E-state index contributed by atoms with van der Waals surface area (Å²) < 4.78 is 0.585. The highest BCUT2D eigenvalue weighted by Crippen LogP contribution is 2.24. The largest absolute Gasteiger partial charge is 0.507 e. The lowest BCUT2D eigenvalue weighted by Gasteiger charge is -2.13. The summed E-state index contributed by atoms with van der Waals surface area (Å²) in [5.41, 5.74) is 0.469. The summed E-state index contributed by atoms with van der Waals surface area (Å²) in [7, 11) is 0. The lowest BCUT2D eigenvalue weighted by Crippen LogP contribution is -2.32. The number of aromatic hydroxyl groups is 1. The molecular formula is C12H15Br2NO2. The second kappa shape index (κ2) is 7.01. The third kappa shape index (κ3) is 4.68. The standard InChI is InChI=1S/C12H15Br2NO2/c1-8(3-2-6-13)15-12(17)9-4-5-10(14)11(16)7-9/h4-5,7-8,16H,2-3,6H2,1H3,(H,15,17). The van der Waals surface area contributed by atoms with Crippen molar-refractivity contribution in [3.8, 4) is 5.75 Å². The number of carbonyl (C=O) groups is 1. The van der Waals surface area contributed by atoms with Crippen molar-refractivity contribution in [2.45, 2.75) is 25.8 Å². The maximum atomic E-state index is 11.8. The Bertz CT molecular complexity index is 396. The van der Waals surface area contributed by atoms with Gasteiger partial charge in [0.15, 0.2) is 0 Å².